The van der Waals surface area contributed by atoms with Gasteiger partial charge < -0.3 is 5.11 Å². The van der Waals surface area contributed by atoms with Gasteiger partial charge in [-0.1, -0.05) is 20.4 Å². The predicted octanol–water partition coefficient (Wildman–Crippen LogP) is 3.59. The van der Waals surface area contributed by atoms with Crippen molar-refractivity contribution in [1.29, 1.82) is 0 Å². The smallest absolute Gasteiger partial charge is 0.126 e. The summed E-state index contributed by atoms with van der Waals surface area (Å²) >= 11 is 0. The average Bonchev–Trinajstić information content (AvgIpc) is 2.07. The molecule has 0 fully saturated rings. The molecule has 0 aliphatic rings. The summed E-state index contributed by atoms with van der Waals surface area (Å²) in [6, 6.07) is 3.88. The topological polar surface area (TPSA) is 20.2 Å². The number of hydrogen-bond acceptors (Lipinski definition) is 1. The fraction of sp³-hybridized carbons (Fsp3) is 0.273. The molecule has 1 N–H and O–H groups in total. The van der Waals surface area contributed by atoms with Gasteiger partial charge in [0.2, 0.25) is 0 Å². The Morgan fingerprint density at radius 3 is 2.31 bits per heavy atom. The van der Waals surface area contributed by atoms with Crippen LogP contribution in [0.3, 0.4) is 0 Å². The minimum atomic E-state index is -0.437. The number of benzene rings is 1. The maximum absolute atomic E-state index is 12.4. The fourth-order valence-electron chi connectivity index (χ4n) is 0.866. The van der Waals surface area contributed by atoms with Crippen LogP contribution >= 0.6 is 0 Å². The molecule has 13 heavy (non-hydrogen) atoms. The molecule has 0 unspecified atom stereocenters. The zero-order chi connectivity index (χ0) is 10.4. The van der Waals surface area contributed by atoms with E-state index in [1.807, 2.05) is 13.8 Å². The first-order valence-corrected chi connectivity index (χ1v) is 4.25. The molecule has 0 aliphatic heterocycles. The molecule has 1 aromatic carbocycles. The lowest BCUT2D eigenvalue weighted by atomic mass is 10.1. The van der Waals surface area contributed by atoms with E-state index < -0.39 is 5.82 Å². The van der Waals surface area contributed by atoms with Crippen molar-refractivity contribution in [1.82, 2.24) is 0 Å². The molecule has 1 rings (SSSR count). The SMILES string of the molecule is C=C(C)c1ccc(F)cc1O.CC. The highest BCUT2D eigenvalue weighted by atomic mass is 19.1. The van der Waals surface area contributed by atoms with Crippen molar-refractivity contribution in [3.63, 3.8) is 0 Å². The predicted molar refractivity (Wildman–Crippen MR) is 54.1 cm³/mol. The lowest BCUT2D eigenvalue weighted by Gasteiger charge is -2.01. The second-order valence-corrected chi connectivity index (χ2v) is 2.44. The van der Waals surface area contributed by atoms with E-state index in [4.69, 9.17) is 5.11 Å². The Morgan fingerprint density at radius 2 is 1.92 bits per heavy atom. The highest BCUT2D eigenvalue weighted by Gasteiger charge is 2.01. The standard InChI is InChI=1S/C9H9FO.C2H6/c1-6(2)8-4-3-7(10)5-9(8)11;1-2/h3-5,11H,1H2,2H3;1-2H3. The molecule has 0 radical (unpaired) electrons. The van der Waals surface area contributed by atoms with Gasteiger partial charge in [0.15, 0.2) is 0 Å². The Morgan fingerprint density at radius 1 is 1.38 bits per heavy atom. The zero-order valence-electron chi connectivity index (χ0n) is 8.26. The third-order valence-electron chi connectivity index (χ3n) is 1.42. The number of phenols is 1. The molecule has 0 saturated carbocycles. The summed E-state index contributed by atoms with van der Waals surface area (Å²) < 4.78 is 12.4. The molecule has 0 spiro atoms. The summed E-state index contributed by atoms with van der Waals surface area (Å²) in [4.78, 5) is 0. The molecule has 1 aromatic rings. The van der Waals surface area contributed by atoms with Crippen LogP contribution in [0.5, 0.6) is 5.75 Å². The van der Waals surface area contributed by atoms with Crippen molar-refractivity contribution >= 4 is 5.57 Å². The Kier molecular flexibility index (Phi) is 4.82. The lowest BCUT2D eigenvalue weighted by molar-refractivity contribution is 0.467. The molecule has 0 amide bonds. The first kappa shape index (κ1) is 11.7. The largest absolute Gasteiger partial charge is 0.507 e. The molecule has 0 saturated heterocycles. The molecule has 0 heterocycles. The quantitative estimate of drug-likeness (QED) is 0.703. The third kappa shape index (κ3) is 3.28. The van der Waals surface area contributed by atoms with Gasteiger partial charge in [0.1, 0.15) is 11.6 Å². The van der Waals surface area contributed by atoms with E-state index in [0.29, 0.717) is 5.56 Å². The fourth-order valence-corrected chi connectivity index (χ4v) is 0.866. The molecule has 2 heteroatoms. The summed E-state index contributed by atoms with van der Waals surface area (Å²) in [6.45, 7) is 9.39. The van der Waals surface area contributed by atoms with Crippen molar-refractivity contribution < 1.29 is 9.50 Å². The normalized spacial score (nSPS) is 8.62. The average molecular weight is 182 g/mol. The van der Waals surface area contributed by atoms with Crippen LogP contribution in [0.1, 0.15) is 26.3 Å². The Balaban J connectivity index is 0.000000671. The second kappa shape index (κ2) is 5.36. The van der Waals surface area contributed by atoms with Crippen molar-refractivity contribution in [2.75, 3.05) is 0 Å². The number of allylic oxidation sites excluding steroid dienone is 1. The molecule has 1 nitrogen and oxygen atoms in total. The minimum absolute atomic E-state index is 0.0579. The van der Waals surface area contributed by atoms with Crippen LogP contribution < -0.4 is 0 Å². The zero-order valence-corrected chi connectivity index (χ0v) is 8.26. The first-order valence-electron chi connectivity index (χ1n) is 4.25. The van der Waals surface area contributed by atoms with Crippen LogP contribution in [-0.2, 0) is 0 Å². The van der Waals surface area contributed by atoms with E-state index in [-0.39, 0.29) is 5.75 Å². The second-order valence-electron chi connectivity index (χ2n) is 2.44. The van der Waals surface area contributed by atoms with E-state index in [1.165, 1.54) is 12.1 Å². The number of hydrogen-bond donors (Lipinski definition) is 1. The van der Waals surface area contributed by atoms with Gasteiger partial charge in [-0.05, 0) is 24.6 Å². The summed E-state index contributed by atoms with van der Waals surface area (Å²) in [7, 11) is 0. The number of aromatic hydroxyl groups is 1. The summed E-state index contributed by atoms with van der Waals surface area (Å²) in [5, 5.41) is 9.16. The minimum Gasteiger partial charge on any atom is -0.507 e. The molecule has 0 aliphatic carbocycles. The molecule has 0 aromatic heterocycles. The van der Waals surface area contributed by atoms with E-state index >= 15 is 0 Å². The van der Waals surface area contributed by atoms with Crippen LogP contribution in [0, 0.1) is 5.82 Å². The van der Waals surface area contributed by atoms with Gasteiger partial charge in [-0.2, -0.15) is 0 Å². The van der Waals surface area contributed by atoms with E-state index in [2.05, 4.69) is 6.58 Å². The van der Waals surface area contributed by atoms with Gasteiger partial charge >= 0.3 is 0 Å². The van der Waals surface area contributed by atoms with Crippen LogP contribution in [0.2, 0.25) is 0 Å². The van der Waals surface area contributed by atoms with Gasteiger partial charge in [-0.15, -0.1) is 0 Å². The van der Waals surface area contributed by atoms with E-state index in [1.54, 1.807) is 6.92 Å². The van der Waals surface area contributed by atoms with Crippen LogP contribution in [0.25, 0.3) is 5.57 Å². The van der Waals surface area contributed by atoms with Gasteiger partial charge in [0, 0.05) is 11.6 Å². The van der Waals surface area contributed by atoms with Crippen LogP contribution in [-0.4, -0.2) is 5.11 Å². The van der Waals surface area contributed by atoms with Crippen LogP contribution in [0.4, 0.5) is 4.39 Å². The Bertz CT molecular complexity index is 292. The number of phenolic OH excluding ortho intramolecular Hbond substituents is 1. The highest BCUT2D eigenvalue weighted by molar-refractivity contribution is 5.66. The Labute approximate surface area is 78.5 Å². The van der Waals surface area contributed by atoms with Crippen LogP contribution in [0.15, 0.2) is 24.8 Å². The van der Waals surface area contributed by atoms with Crippen molar-refractivity contribution in [2.45, 2.75) is 20.8 Å². The van der Waals surface area contributed by atoms with Crippen molar-refractivity contribution in [2.24, 2.45) is 0 Å². The molecular formula is C11H15FO. The molecule has 0 atom stereocenters. The Hall–Kier alpha value is -1.31. The van der Waals surface area contributed by atoms with Gasteiger partial charge in [0.05, 0.1) is 0 Å². The summed E-state index contributed by atoms with van der Waals surface area (Å²) in [5.74, 6) is -0.495. The maximum atomic E-state index is 12.4. The van der Waals surface area contributed by atoms with E-state index in [9.17, 15) is 4.39 Å². The van der Waals surface area contributed by atoms with Gasteiger partial charge in [0.25, 0.3) is 0 Å². The first-order chi connectivity index (χ1) is 6.11. The number of rotatable bonds is 1. The summed E-state index contributed by atoms with van der Waals surface area (Å²) in [6.07, 6.45) is 0. The monoisotopic (exact) mass is 182 g/mol. The molecule has 0 bridgehead atoms. The van der Waals surface area contributed by atoms with Gasteiger partial charge in [-0.3, -0.25) is 0 Å². The number of halogens is 1. The van der Waals surface area contributed by atoms with Crippen molar-refractivity contribution in [3.05, 3.63) is 36.2 Å². The van der Waals surface area contributed by atoms with E-state index in [0.717, 1.165) is 11.6 Å². The van der Waals surface area contributed by atoms with Gasteiger partial charge in [-0.25, -0.2) is 4.39 Å². The summed E-state index contributed by atoms with van der Waals surface area (Å²) in [5.41, 5.74) is 1.31. The maximum Gasteiger partial charge on any atom is 0.126 e. The third-order valence-corrected chi connectivity index (χ3v) is 1.42. The molecule has 72 valence electrons. The lowest BCUT2D eigenvalue weighted by Crippen LogP contribution is -1.80. The molecular weight excluding hydrogens is 167 g/mol. The highest BCUT2D eigenvalue weighted by Crippen LogP contribution is 2.23. The van der Waals surface area contributed by atoms with Crippen molar-refractivity contribution in [3.8, 4) is 5.75 Å².